The van der Waals surface area contributed by atoms with Gasteiger partial charge in [-0.2, -0.15) is 0 Å². The number of carboxylic acid groups (broad SMARTS) is 1. The van der Waals surface area contributed by atoms with Gasteiger partial charge in [0, 0.05) is 13.0 Å². The molecule has 0 unspecified atom stereocenters. The summed E-state index contributed by atoms with van der Waals surface area (Å²) >= 11 is 0. The zero-order chi connectivity index (χ0) is 15.0. The average Bonchev–Trinajstić information content (AvgIpc) is 2.41. The minimum atomic E-state index is -1.26. The van der Waals surface area contributed by atoms with Gasteiger partial charge in [-0.05, 0) is 5.92 Å². The second kappa shape index (κ2) is 8.76. The lowest BCUT2D eigenvalue weighted by molar-refractivity contribution is -0.908. The van der Waals surface area contributed by atoms with Crippen molar-refractivity contribution in [2.45, 2.75) is 26.3 Å². The first-order chi connectivity index (χ1) is 9.50. The van der Waals surface area contributed by atoms with E-state index in [4.69, 9.17) is 4.74 Å². The van der Waals surface area contributed by atoms with E-state index in [1.54, 1.807) is 13.8 Å². The van der Waals surface area contributed by atoms with Crippen LogP contribution in [0.5, 0.6) is 0 Å². The maximum absolute atomic E-state index is 11.6. The summed E-state index contributed by atoms with van der Waals surface area (Å²) in [6.45, 7) is 8.57. The third-order valence-corrected chi connectivity index (χ3v) is 3.40. The van der Waals surface area contributed by atoms with Crippen molar-refractivity contribution in [3.63, 3.8) is 0 Å². The van der Waals surface area contributed by atoms with Crippen LogP contribution in [-0.4, -0.2) is 57.4 Å². The largest absolute Gasteiger partial charge is 0.548 e. The topological polar surface area (TPSA) is 94.9 Å². The van der Waals surface area contributed by atoms with Crippen LogP contribution in [0.4, 0.5) is 4.79 Å². The summed E-state index contributed by atoms with van der Waals surface area (Å²) in [7, 11) is 0. The molecular weight excluding hydrogens is 262 g/mol. The Bertz CT molecular complexity index is 317. The molecule has 1 saturated heterocycles. The van der Waals surface area contributed by atoms with Crippen LogP contribution in [0.15, 0.2) is 0 Å². The van der Waals surface area contributed by atoms with Crippen molar-refractivity contribution < 1.29 is 24.3 Å². The number of hydrogen-bond acceptors (Lipinski definition) is 4. The Morgan fingerprint density at radius 1 is 1.30 bits per heavy atom. The summed E-state index contributed by atoms with van der Waals surface area (Å²) in [5, 5.41) is 15.9. The molecule has 0 saturated carbocycles. The highest BCUT2D eigenvalue weighted by atomic mass is 16.5. The van der Waals surface area contributed by atoms with Crippen LogP contribution in [0.1, 0.15) is 20.3 Å². The Kier molecular flexibility index (Phi) is 7.32. The first-order valence-corrected chi connectivity index (χ1v) is 7.17. The van der Waals surface area contributed by atoms with E-state index in [0.29, 0.717) is 6.54 Å². The smallest absolute Gasteiger partial charge is 0.315 e. The molecule has 1 rings (SSSR count). The molecule has 0 radical (unpaired) electrons. The van der Waals surface area contributed by atoms with Crippen LogP contribution in [-0.2, 0) is 9.53 Å². The van der Waals surface area contributed by atoms with Crippen molar-refractivity contribution in [2.24, 2.45) is 5.92 Å². The Labute approximate surface area is 119 Å². The van der Waals surface area contributed by atoms with Crippen molar-refractivity contribution in [1.29, 1.82) is 0 Å². The van der Waals surface area contributed by atoms with Gasteiger partial charge in [0.2, 0.25) is 0 Å². The molecule has 0 aromatic heterocycles. The van der Waals surface area contributed by atoms with Crippen molar-refractivity contribution >= 4 is 12.0 Å². The molecule has 0 spiro atoms. The Morgan fingerprint density at radius 3 is 2.50 bits per heavy atom. The van der Waals surface area contributed by atoms with Crippen LogP contribution in [0.2, 0.25) is 0 Å². The van der Waals surface area contributed by atoms with Crippen molar-refractivity contribution in [1.82, 2.24) is 10.6 Å². The van der Waals surface area contributed by atoms with Gasteiger partial charge in [-0.15, -0.1) is 0 Å². The molecule has 2 amide bonds. The molecule has 0 aromatic carbocycles. The molecule has 116 valence electrons. The third kappa shape index (κ3) is 6.21. The lowest BCUT2D eigenvalue weighted by Gasteiger charge is -2.24. The van der Waals surface area contributed by atoms with Gasteiger partial charge in [-0.1, -0.05) is 13.8 Å². The molecule has 20 heavy (non-hydrogen) atoms. The summed E-state index contributed by atoms with van der Waals surface area (Å²) in [5.74, 6) is -1.46. The summed E-state index contributed by atoms with van der Waals surface area (Å²) in [4.78, 5) is 23.9. The molecule has 1 heterocycles. The van der Waals surface area contributed by atoms with E-state index in [1.807, 2.05) is 0 Å². The normalized spacial score (nSPS) is 17.8. The standard InChI is InChI=1S/C13H25N3O4/c1-10(2)11(12(17)18)15-13(19)14-4-3-5-16-6-8-20-9-7-16/h10-11H,3-9H2,1-2H3,(H,17,18)(H2,14,15,19)/t11-/m0/s1. The molecule has 1 fully saturated rings. The number of rotatable bonds is 7. The SMILES string of the molecule is CC(C)[C@H](NC(=O)NCCC[NH+]1CCOCC1)C(=O)[O-]. The van der Waals surface area contributed by atoms with Crippen molar-refractivity contribution in [3.05, 3.63) is 0 Å². The van der Waals surface area contributed by atoms with Gasteiger partial charge >= 0.3 is 6.03 Å². The van der Waals surface area contributed by atoms with Crippen LogP contribution < -0.4 is 20.6 Å². The van der Waals surface area contributed by atoms with Gasteiger partial charge in [0.25, 0.3) is 0 Å². The summed E-state index contributed by atoms with van der Waals surface area (Å²) in [6.07, 6.45) is 0.862. The predicted molar refractivity (Wildman–Crippen MR) is 71.2 cm³/mol. The Balaban J connectivity index is 2.14. The molecule has 0 aliphatic carbocycles. The molecule has 0 aromatic rings. The number of carboxylic acids is 1. The van der Waals surface area contributed by atoms with Crippen molar-refractivity contribution in [2.75, 3.05) is 39.4 Å². The summed E-state index contributed by atoms with van der Waals surface area (Å²) in [5.41, 5.74) is 0. The Hall–Kier alpha value is -1.34. The summed E-state index contributed by atoms with van der Waals surface area (Å²) in [6, 6.07) is -1.41. The zero-order valence-electron chi connectivity index (χ0n) is 12.2. The highest BCUT2D eigenvalue weighted by molar-refractivity contribution is 5.81. The quantitative estimate of drug-likeness (QED) is 0.446. The molecule has 1 aliphatic rings. The number of ether oxygens (including phenoxy) is 1. The number of quaternary nitrogens is 1. The van der Waals surface area contributed by atoms with E-state index >= 15 is 0 Å². The minimum absolute atomic E-state index is 0.205. The van der Waals surface area contributed by atoms with E-state index in [0.717, 1.165) is 39.3 Å². The number of urea groups is 1. The summed E-state index contributed by atoms with van der Waals surface area (Å²) < 4.78 is 5.27. The fraction of sp³-hybridized carbons (Fsp3) is 0.846. The molecule has 1 aliphatic heterocycles. The van der Waals surface area contributed by atoms with Gasteiger partial charge in [-0.25, -0.2) is 4.79 Å². The maximum Gasteiger partial charge on any atom is 0.315 e. The van der Waals surface area contributed by atoms with E-state index in [2.05, 4.69) is 10.6 Å². The van der Waals surface area contributed by atoms with Gasteiger partial charge < -0.3 is 30.2 Å². The Morgan fingerprint density at radius 2 is 1.95 bits per heavy atom. The maximum atomic E-state index is 11.6. The fourth-order valence-corrected chi connectivity index (χ4v) is 2.14. The van der Waals surface area contributed by atoms with E-state index < -0.39 is 18.0 Å². The third-order valence-electron chi connectivity index (χ3n) is 3.40. The number of carbonyl (C=O) groups is 2. The second-order valence-corrected chi connectivity index (χ2v) is 5.41. The molecular formula is C13H25N3O4. The van der Waals surface area contributed by atoms with Crippen LogP contribution in [0.25, 0.3) is 0 Å². The number of carbonyl (C=O) groups excluding carboxylic acids is 2. The number of nitrogens with one attached hydrogen (secondary N) is 3. The molecule has 7 nitrogen and oxygen atoms in total. The van der Waals surface area contributed by atoms with E-state index in [1.165, 1.54) is 4.90 Å². The first kappa shape index (κ1) is 16.7. The highest BCUT2D eigenvalue weighted by Crippen LogP contribution is 1.99. The van der Waals surface area contributed by atoms with Gasteiger partial charge in [0.05, 0.1) is 31.8 Å². The lowest BCUT2D eigenvalue weighted by Crippen LogP contribution is -3.14. The van der Waals surface area contributed by atoms with Gasteiger partial charge in [0.15, 0.2) is 0 Å². The molecule has 0 bridgehead atoms. The van der Waals surface area contributed by atoms with Crippen LogP contribution in [0.3, 0.4) is 0 Å². The number of aliphatic carboxylic acids is 1. The highest BCUT2D eigenvalue weighted by Gasteiger charge is 2.17. The molecule has 1 atom stereocenters. The number of hydrogen-bond donors (Lipinski definition) is 3. The second-order valence-electron chi connectivity index (χ2n) is 5.41. The predicted octanol–water partition coefficient (Wildman–Crippen LogP) is -2.63. The monoisotopic (exact) mass is 287 g/mol. The van der Waals surface area contributed by atoms with E-state index in [-0.39, 0.29) is 5.92 Å². The van der Waals surface area contributed by atoms with E-state index in [9.17, 15) is 14.7 Å². The van der Waals surface area contributed by atoms with Crippen LogP contribution in [0, 0.1) is 5.92 Å². The van der Waals surface area contributed by atoms with Gasteiger partial charge in [0.1, 0.15) is 13.1 Å². The molecule has 7 heteroatoms. The minimum Gasteiger partial charge on any atom is -0.548 e. The van der Waals surface area contributed by atoms with Crippen molar-refractivity contribution in [3.8, 4) is 0 Å². The zero-order valence-corrected chi connectivity index (χ0v) is 12.2. The molecule has 3 N–H and O–H groups in total. The van der Waals surface area contributed by atoms with Gasteiger partial charge in [-0.3, -0.25) is 0 Å². The lowest BCUT2D eigenvalue weighted by atomic mass is 10.1. The first-order valence-electron chi connectivity index (χ1n) is 7.17. The number of morpholine rings is 1. The average molecular weight is 287 g/mol. The number of amides is 2. The fourth-order valence-electron chi connectivity index (χ4n) is 2.14. The van der Waals surface area contributed by atoms with Crippen LogP contribution >= 0.6 is 0 Å².